The lowest BCUT2D eigenvalue weighted by molar-refractivity contribution is 0.363. The Hall–Kier alpha value is -3.27. The summed E-state index contributed by atoms with van der Waals surface area (Å²) in [4.78, 5) is 27.7. The molecule has 0 amide bonds. The summed E-state index contributed by atoms with van der Waals surface area (Å²) >= 11 is 5.91. The van der Waals surface area contributed by atoms with E-state index in [9.17, 15) is 9.18 Å². The standard InChI is InChI=1S/C20H17ClFN7O2/c1-27-8-23-19-17(27)20(30)29(9-24-19)7-15-25-18(26-31-15)16-11-5-28(6-12(11)16)10-2-3-14(22)13(21)4-10/h2-4,8-9,11-12,16H,5-7H2,1H3. The number of nitrogens with zero attached hydrogens (tertiary/aromatic N) is 7. The van der Waals surface area contributed by atoms with Crippen LogP contribution in [0.15, 0.2) is 40.2 Å². The zero-order valence-corrected chi connectivity index (χ0v) is 17.2. The van der Waals surface area contributed by atoms with Crippen molar-refractivity contribution in [3.63, 3.8) is 0 Å². The smallest absolute Gasteiger partial charge is 0.280 e. The van der Waals surface area contributed by atoms with Crippen molar-refractivity contribution in [2.24, 2.45) is 18.9 Å². The van der Waals surface area contributed by atoms with Crippen molar-refractivity contribution in [3.05, 3.63) is 63.8 Å². The first-order chi connectivity index (χ1) is 15.0. The molecule has 11 heteroatoms. The molecule has 4 aromatic rings. The molecule has 158 valence electrons. The molecule has 1 aliphatic heterocycles. The Balaban J connectivity index is 1.16. The van der Waals surface area contributed by atoms with Gasteiger partial charge in [0.25, 0.3) is 5.56 Å². The van der Waals surface area contributed by atoms with Crippen molar-refractivity contribution in [2.45, 2.75) is 12.5 Å². The topological polar surface area (TPSA) is 94.9 Å². The van der Waals surface area contributed by atoms with E-state index in [1.165, 1.54) is 17.0 Å². The van der Waals surface area contributed by atoms with Gasteiger partial charge < -0.3 is 14.0 Å². The number of anilines is 1. The fourth-order valence-electron chi connectivity index (χ4n) is 4.60. The summed E-state index contributed by atoms with van der Waals surface area (Å²) < 4.78 is 21.9. The Morgan fingerprint density at radius 1 is 1.23 bits per heavy atom. The van der Waals surface area contributed by atoms with E-state index in [4.69, 9.17) is 16.1 Å². The molecule has 2 fully saturated rings. The lowest BCUT2D eigenvalue weighted by atomic mass is 10.2. The molecule has 4 heterocycles. The summed E-state index contributed by atoms with van der Waals surface area (Å²) in [5.41, 5.74) is 1.55. The highest BCUT2D eigenvalue weighted by molar-refractivity contribution is 6.31. The van der Waals surface area contributed by atoms with Crippen molar-refractivity contribution in [1.82, 2.24) is 29.2 Å². The lowest BCUT2D eigenvalue weighted by Gasteiger charge is -2.21. The van der Waals surface area contributed by atoms with Gasteiger partial charge in [-0.05, 0) is 30.0 Å². The third-order valence-corrected chi connectivity index (χ3v) is 6.54. The van der Waals surface area contributed by atoms with Gasteiger partial charge >= 0.3 is 0 Å². The number of halogens is 2. The summed E-state index contributed by atoms with van der Waals surface area (Å²) in [7, 11) is 1.75. The minimum atomic E-state index is -0.413. The van der Waals surface area contributed by atoms with E-state index >= 15 is 0 Å². The lowest BCUT2D eigenvalue weighted by Crippen LogP contribution is -2.24. The zero-order valence-electron chi connectivity index (χ0n) is 16.4. The predicted octanol–water partition coefficient (Wildman–Crippen LogP) is 2.20. The van der Waals surface area contributed by atoms with Crippen LogP contribution in [0.5, 0.6) is 0 Å². The predicted molar refractivity (Wildman–Crippen MR) is 110 cm³/mol. The van der Waals surface area contributed by atoms with Gasteiger partial charge in [-0.1, -0.05) is 16.8 Å². The van der Waals surface area contributed by atoms with Gasteiger partial charge in [0.15, 0.2) is 17.0 Å². The highest BCUT2D eigenvalue weighted by Gasteiger charge is 2.58. The van der Waals surface area contributed by atoms with E-state index in [-0.39, 0.29) is 23.0 Å². The maximum absolute atomic E-state index is 13.4. The second-order valence-corrected chi connectivity index (χ2v) is 8.52. The van der Waals surface area contributed by atoms with E-state index in [2.05, 4.69) is 25.0 Å². The van der Waals surface area contributed by atoms with E-state index in [1.807, 2.05) is 0 Å². The number of imidazole rings is 1. The molecule has 0 radical (unpaired) electrons. The maximum atomic E-state index is 13.4. The molecule has 1 aromatic carbocycles. The number of benzene rings is 1. The first-order valence-corrected chi connectivity index (χ1v) is 10.3. The van der Waals surface area contributed by atoms with Crippen LogP contribution < -0.4 is 10.5 Å². The summed E-state index contributed by atoms with van der Waals surface area (Å²) in [6, 6.07) is 4.80. The number of aryl methyl sites for hydroxylation is 1. The highest BCUT2D eigenvalue weighted by atomic mass is 35.5. The normalized spacial score (nSPS) is 22.3. The molecule has 1 saturated heterocycles. The fourth-order valence-corrected chi connectivity index (χ4v) is 4.77. The van der Waals surface area contributed by atoms with Crippen LogP contribution in [0.4, 0.5) is 10.1 Å². The van der Waals surface area contributed by atoms with E-state index in [0.29, 0.717) is 34.7 Å². The number of fused-ring (bicyclic) bond motifs is 2. The summed E-state index contributed by atoms with van der Waals surface area (Å²) in [6.07, 6.45) is 3.00. The van der Waals surface area contributed by atoms with Crippen LogP contribution in [0.25, 0.3) is 11.2 Å². The second kappa shape index (κ2) is 6.61. The van der Waals surface area contributed by atoms with Crippen LogP contribution >= 0.6 is 11.6 Å². The minimum absolute atomic E-state index is 0.131. The van der Waals surface area contributed by atoms with Crippen molar-refractivity contribution < 1.29 is 8.91 Å². The third kappa shape index (κ3) is 2.93. The highest BCUT2D eigenvalue weighted by Crippen LogP contribution is 2.58. The van der Waals surface area contributed by atoms with E-state index < -0.39 is 5.82 Å². The number of rotatable bonds is 4. The molecule has 31 heavy (non-hydrogen) atoms. The molecule has 3 aromatic heterocycles. The van der Waals surface area contributed by atoms with Gasteiger partial charge in [-0.3, -0.25) is 9.36 Å². The minimum Gasteiger partial charge on any atom is -0.371 e. The summed E-state index contributed by atoms with van der Waals surface area (Å²) in [5.74, 6) is 1.70. The number of aromatic nitrogens is 6. The second-order valence-electron chi connectivity index (χ2n) is 8.11. The molecular weight excluding hydrogens is 425 g/mol. The molecule has 0 N–H and O–H groups in total. The van der Waals surface area contributed by atoms with Crippen LogP contribution in [0.3, 0.4) is 0 Å². The van der Waals surface area contributed by atoms with Crippen molar-refractivity contribution >= 4 is 28.5 Å². The van der Waals surface area contributed by atoms with Crippen molar-refractivity contribution in [2.75, 3.05) is 18.0 Å². The molecule has 2 atom stereocenters. The van der Waals surface area contributed by atoms with E-state index in [0.717, 1.165) is 18.8 Å². The molecule has 2 unspecified atom stereocenters. The zero-order chi connectivity index (χ0) is 21.3. The van der Waals surface area contributed by atoms with Crippen molar-refractivity contribution in [3.8, 4) is 0 Å². The third-order valence-electron chi connectivity index (χ3n) is 6.25. The average molecular weight is 442 g/mol. The quantitative estimate of drug-likeness (QED) is 0.479. The van der Waals surface area contributed by atoms with Crippen molar-refractivity contribution in [1.29, 1.82) is 0 Å². The van der Waals surface area contributed by atoms with Gasteiger partial charge in [0.2, 0.25) is 5.89 Å². The molecular formula is C20H17ClFN7O2. The number of hydrogen-bond acceptors (Lipinski definition) is 7. The van der Waals surface area contributed by atoms with Gasteiger partial charge in [-0.25, -0.2) is 14.4 Å². The summed E-state index contributed by atoms with van der Waals surface area (Å²) in [6.45, 7) is 1.83. The van der Waals surface area contributed by atoms with Gasteiger partial charge in [-0.15, -0.1) is 0 Å². The first kappa shape index (κ1) is 18.5. The van der Waals surface area contributed by atoms with Crippen LogP contribution in [-0.2, 0) is 13.6 Å². The average Bonchev–Trinajstić information content (AvgIpc) is 3.18. The Labute approximate surface area is 180 Å². The van der Waals surface area contributed by atoms with Gasteiger partial charge in [0.1, 0.15) is 18.7 Å². The Morgan fingerprint density at radius 3 is 2.77 bits per heavy atom. The van der Waals surface area contributed by atoms with Gasteiger partial charge in [0, 0.05) is 31.7 Å². The van der Waals surface area contributed by atoms with Crippen LogP contribution in [0.1, 0.15) is 17.6 Å². The monoisotopic (exact) mass is 441 g/mol. The van der Waals surface area contributed by atoms with Crippen LogP contribution in [0.2, 0.25) is 5.02 Å². The maximum Gasteiger partial charge on any atom is 0.280 e. The summed E-state index contributed by atoms with van der Waals surface area (Å²) in [5, 5.41) is 4.28. The molecule has 9 nitrogen and oxygen atoms in total. The van der Waals surface area contributed by atoms with Gasteiger partial charge in [-0.2, -0.15) is 4.98 Å². The number of piperidine rings is 1. The fraction of sp³-hybridized carbons (Fsp3) is 0.350. The van der Waals surface area contributed by atoms with Crippen LogP contribution in [-0.4, -0.2) is 42.3 Å². The molecule has 0 spiro atoms. The SMILES string of the molecule is Cn1cnc2ncn(Cc3nc(C4C5CN(c6ccc(F)c(Cl)c6)CC54)no3)c(=O)c21. The molecule has 1 aliphatic carbocycles. The molecule has 2 aliphatic rings. The Bertz CT molecular complexity index is 1370. The van der Waals surface area contributed by atoms with Gasteiger partial charge in [0.05, 0.1) is 11.3 Å². The van der Waals surface area contributed by atoms with Crippen LogP contribution in [0, 0.1) is 17.7 Å². The first-order valence-electron chi connectivity index (χ1n) is 9.88. The molecule has 1 saturated carbocycles. The molecule has 6 rings (SSSR count). The van der Waals surface area contributed by atoms with E-state index in [1.54, 1.807) is 30.1 Å². The largest absolute Gasteiger partial charge is 0.371 e. The molecule has 0 bridgehead atoms. The Kier molecular flexibility index (Phi) is 3.95. The Morgan fingerprint density at radius 2 is 2.00 bits per heavy atom. The number of hydrogen-bond donors (Lipinski definition) is 0.